The summed E-state index contributed by atoms with van der Waals surface area (Å²) in [6.45, 7) is 0.577. The molecule has 0 aliphatic carbocycles. The Morgan fingerprint density at radius 3 is 2.74 bits per heavy atom. The number of nitrogens with two attached hydrogens (primary N) is 1. The van der Waals surface area contributed by atoms with Crippen molar-refractivity contribution in [2.75, 3.05) is 7.11 Å². The summed E-state index contributed by atoms with van der Waals surface area (Å²) in [6, 6.07) is 23.0. The molecule has 0 saturated carbocycles. The molecule has 31 heavy (non-hydrogen) atoms. The Labute approximate surface area is 188 Å². The molecule has 5 rings (SSSR count). The third kappa shape index (κ3) is 3.36. The quantitative estimate of drug-likeness (QED) is 0.353. The minimum absolute atomic E-state index is 0.451. The van der Waals surface area contributed by atoms with Gasteiger partial charge in [0.15, 0.2) is 0 Å². The molecule has 0 atom stereocenters. The van der Waals surface area contributed by atoms with Gasteiger partial charge in [-0.25, -0.2) is 0 Å². The van der Waals surface area contributed by atoms with Crippen LogP contribution < -0.4 is 10.5 Å². The van der Waals surface area contributed by atoms with E-state index in [1.165, 1.54) is 0 Å². The summed E-state index contributed by atoms with van der Waals surface area (Å²) in [5.74, 6) is 0.185. The van der Waals surface area contributed by atoms with Crippen LogP contribution in [0.2, 0.25) is 5.02 Å². The Bertz CT molecular complexity index is 1440. The van der Waals surface area contributed by atoms with Gasteiger partial charge in [-0.05, 0) is 65.0 Å². The fourth-order valence-electron chi connectivity index (χ4n) is 4.01. The van der Waals surface area contributed by atoms with E-state index in [9.17, 15) is 4.79 Å². The molecule has 0 aliphatic rings. The highest BCUT2D eigenvalue weighted by atomic mass is 35.5. The number of benzene rings is 3. The number of methoxy groups -OCH3 is 1. The summed E-state index contributed by atoms with van der Waals surface area (Å²) in [5, 5.41) is 4.32. The monoisotopic (exact) mass is 445 g/mol. The Kier molecular flexibility index (Phi) is 4.93. The van der Waals surface area contributed by atoms with E-state index in [1.807, 2.05) is 42.5 Å². The zero-order valence-corrected chi connectivity index (χ0v) is 18.3. The van der Waals surface area contributed by atoms with Gasteiger partial charge in [0.25, 0.3) is 0 Å². The van der Waals surface area contributed by atoms with Crippen molar-refractivity contribution in [2.45, 2.75) is 6.54 Å². The number of carbonyl (C=O) groups excluding carboxylic acids is 1. The highest BCUT2D eigenvalue weighted by Crippen LogP contribution is 2.36. The van der Waals surface area contributed by atoms with Gasteiger partial charge in [-0.15, -0.1) is 11.3 Å². The third-order valence-electron chi connectivity index (χ3n) is 5.42. The summed E-state index contributed by atoms with van der Waals surface area (Å²) >= 11 is 8.05. The minimum atomic E-state index is -0.451. The first-order chi connectivity index (χ1) is 15.1. The average Bonchev–Trinajstić information content (AvgIpc) is 3.41. The van der Waals surface area contributed by atoms with Crippen LogP contribution in [0.15, 0.2) is 66.0 Å². The van der Waals surface area contributed by atoms with Crippen molar-refractivity contribution in [1.29, 1.82) is 0 Å². The molecule has 1 radical (unpaired) electrons. The van der Waals surface area contributed by atoms with Crippen molar-refractivity contribution in [3.8, 4) is 16.2 Å². The molecule has 2 heterocycles. The van der Waals surface area contributed by atoms with E-state index in [0.717, 1.165) is 37.8 Å². The number of ether oxygens (including phenoxy) is 1. The molecule has 6 heteroatoms. The summed E-state index contributed by atoms with van der Waals surface area (Å²) in [5.41, 5.74) is 10.2. The molecule has 5 aromatic rings. The fourth-order valence-corrected chi connectivity index (χ4v) is 5.00. The number of thiophene rings is 1. The molecular formula is C25H18ClN2O2S. The van der Waals surface area contributed by atoms with Gasteiger partial charge < -0.3 is 15.0 Å². The molecule has 0 aliphatic heterocycles. The lowest BCUT2D eigenvalue weighted by Crippen LogP contribution is -2.11. The molecule has 0 unspecified atom stereocenters. The highest BCUT2D eigenvalue weighted by molar-refractivity contribution is 7.13. The molecule has 0 spiro atoms. The maximum Gasteiger partial charge on any atom is 0.249 e. The molecule has 153 valence electrons. The smallest absolute Gasteiger partial charge is 0.249 e. The van der Waals surface area contributed by atoms with Gasteiger partial charge in [-0.3, -0.25) is 4.79 Å². The summed E-state index contributed by atoms with van der Waals surface area (Å²) in [6.07, 6.45) is 0. The molecule has 1 amide bonds. The van der Waals surface area contributed by atoms with Crippen molar-refractivity contribution in [3.63, 3.8) is 0 Å². The van der Waals surface area contributed by atoms with Crippen LogP contribution in [-0.2, 0) is 6.54 Å². The molecule has 3 aromatic carbocycles. The number of primary amides is 1. The van der Waals surface area contributed by atoms with Gasteiger partial charge in [0.1, 0.15) is 5.75 Å². The van der Waals surface area contributed by atoms with Gasteiger partial charge in [0, 0.05) is 27.8 Å². The molecular weight excluding hydrogens is 428 g/mol. The number of hydrogen-bond donors (Lipinski definition) is 1. The maximum atomic E-state index is 12.2. The Morgan fingerprint density at radius 1 is 1.16 bits per heavy atom. The Morgan fingerprint density at radius 2 is 2.03 bits per heavy atom. The number of carbonyl (C=O) groups is 1. The van der Waals surface area contributed by atoms with Crippen LogP contribution in [-0.4, -0.2) is 17.6 Å². The van der Waals surface area contributed by atoms with E-state index in [-0.39, 0.29) is 0 Å². The number of nitrogens with zero attached hydrogens (tertiary/aromatic N) is 1. The predicted molar refractivity (Wildman–Crippen MR) is 127 cm³/mol. The van der Waals surface area contributed by atoms with E-state index in [2.05, 4.69) is 28.1 Å². The largest absolute Gasteiger partial charge is 0.495 e. The van der Waals surface area contributed by atoms with E-state index in [0.29, 0.717) is 22.9 Å². The van der Waals surface area contributed by atoms with Crippen molar-refractivity contribution in [1.82, 2.24) is 4.57 Å². The average molecular weight is 446 g/mol. The first kappa shape index (κ1) is 19.7. The molecule has 2 aromatic heterocycles. The molecule has 0 saturated heterocycles. The first-order valence-corrected chi connectivity index (χ1v) is 11.0. The number of aromatic nitrogens is 1. The van der Waals surface area contributed by atoms with Gasteiger partial charge in [0.05, 0.1) is 23.2 Å². The van der Waals surface area contributed by atoms with Crippen LogP contribution in [0.1, 0.15) is 15.9 Å². The van der Waals surface area contributed by atoms with Crippen molar-refractivity contribution >= 4 is 50.7 Å². The second-order valence-electron chi connectivity index (χ2n) is 7.24. The second-order valence-corrected chi connectivity index (χ2v) is 8.60. The van der Waals surface area contributed by atoms with Crippen molar-refractivity contribution < 1.29 is 9.53 Å². The first-order valence-electron chi connectivity index (χ1n) is 9.69. The lowest BCUT2D eigenvalue weighted by molar-refractivity contribution is 0.100. The summed E-state index contributed by atoms with van der Waals surface area (Å²) in [4.78, 5) is 13.3. The predicted octanol–water partition coefficient (Wildman–Crippen LogP) is 6.13. The number of halogens is 1. The molecule has 0 fully saturated rings. The van der Waals surface area contributed by atoms with E-state index in [1.54, 1.807) is 24.5 Å². The Balaban J connectivity index is 1.77. The second kappa shape index (κ2) is 7.76. The molecule has 0 bridgehead atoms. The number of fused-ring (bicyclic) bond motifs is 3. The highest BCUT2D eigenvalue weighted by Gasteiger charge is 2.18. The van der Waals surface area contributed by atoms with Crippen molar-refractivity contribution in [2.24, 2.45) is 5.73 Å². The normalized spacial score (nSPS) is 11.3. The van der Waals surface area contributed by atoms with Crippen LogP contribution in [0.25, 0.3) is 32.2 Å². The van der Waals surface area contributed by atoms with Crippen LogP contribution in [0.3, 0.4) is 0 Å². The van der Waals surface area contributed by atoms with Crippen LogP contribution >= 0.6 is 22.9 Å². The lowest BCUT2D eigenvalue weighted by atomic mass is 10.0. The van der Waals surface area contributed by atoms with Crippen LogP contribution in [0.4, 0.5) is 0 Å². The molecule has 2 N–H and O–H groups in total. The standard InChI is InChI=1S/C25H18ClN2O2S/c1-30-22-10-7-15(12-19(22)26)14-28-20-5-2-4-18(25(27)29)24(20)17-9-8-16(13-21(17)28)23-6-3-11-31-23/h2-8,10-13H,14H2,1H3,(H2,27,29). The maximum absolute atomic E-state index is 12.2. The van der Waals surface area contributed by atoms with E-state index >= 15 is 0 Å². The number of rotatable bonds is 5. The molecule has 4 nitrogen and oxygen atoms in total. The minimum Gasteiger partial charge on any atom is -0.495 e. The summed E-state index contributed by atoms with van der Waals surface area (Å²) < 4.78 is 7.46. The number of amides is 1. The van der Waals surface area contributed by atoms with Crippen LogP contribution in [0, 0.1) is 6.07 Å². The van der Waals surface area contributed by atoms with Gasteiger partial charge in [-0.2, -0.15) is 0 Å². The lowest BCUT2D eigenvalue weighted by Gasteiger charge is -2.11. The van der Waals surface area contributed by atoms with Gasteiger partial charge in [-0.1, -0.05) is 29.8 Å². The summed E-state index contributed by atoms with van der Waals surface area (Å²) in [7, 11) is 1.60. The Hall–Kier alpha value is -3.28. The zero-order chi connectivity index (χ0) is 21.5. The topological polar surface area (TPSA) is 57.2 Å². The van der Waals surface area contributed by atoms with Gasteiger partial charge in [0.2, 0.25) is 5.91 Å². The number of hydrogen-bond acceptors (Lipinski definition) is 3. The van der Waals surface area contributed by atoms with E-state index < -0.39 is 5.91 Å². The van der Waals surface area contributed by atoms with E-state index in [4.69, 9.17) is 22.1 Å². The van der Waals surface area contributed by atoms with Crippen LogP contribution in [0.5, 0.6) is 5.75 Å². The SMILES string of the molecule is COc1ccc(Cn2c3cc(-c4cccs4)c[c]c3c3c(C(N)=O)cccc32)cc1Cl. The third-order valence-corrected chi connectivity index (χ3v) is 6.64. The fraction of sp³-hybridized carbons (Fsp3) is 0.0800. The zero-order valence-electron chi connectivity index (χ0n) is 16.7. The van der Waals surface area contributed by atoms with Crippen molar-refractivity contribution in [3.05, 3.63) is 88.3 Å². The van der Waals surface area contributed by atoms with Gasteiger partial charge >= 0.3 is 0 Å².